The third kappa shape index (κ3) is 2.81. The molecular formula is C13H15ClN2O3S. The molecule has 1 aliphatic carbocycles. The van der Waals surface area contributed by atoms with Crippen LogP contribution in [0.5, 0.6) is 0 Å². The molecule has 1 amide bonds. The Kier molecular flexibility index (Phi) is 3.46. The molecule has 1 unspecified atom stereocenters. The van der Waals surface area contributed by atoms with Crippen molar-refractivity contribution in [2.24, 2.45) is 0 Å². The zero-order valence-corrected chi connectivity index (χ0v) is 12.4. The maximum Gasteiger partial charge on any atom is 0.254 e. The van der Waals surface area contributed by atoms with Gasteiger partial charge in [0.1, 0.15) is 5.15 Å². The van der Waals surface area contributed by atoms with Gasteiger partial charge in [-0.25, -0.2) is 13.4 Å². The van der Waals surface area contributed by atoms with E-state index in [2.05, 4.69) is 4.98 Å². The Hall–Kier alpha value is -1.14. The van der Waals surface area contributed by atoms with Gasteiger partial charge in [0.25, 0.3) is 5.91 Å². The summed E-state index contributed by atoms with van der Waals surface area (Å²) in [6.07, 6.45) is 3.91. The van der Waals surface area contributed by atoms with E-state index in [0.29, 0.717) is 12.0 Å². The summed E-state index contributed by atoms with van der Waals surface area (Å²) >= 11 is 5.82. The van der Waals surface area contributed by atoms with Gasteiger partial charge < -0.3 is 4.90 Å². The average Bonchev–Trinajstić information content (AvgIpc) is 3.14. The van der Waals surface area contributed by atoms with Crippen LogP contribution in [0, 0.1) is 0 Å². The van der Waals surface area contributed by atoms with Gasteiger partial charge in [0.05, 0.1) is 11.5 Å². The number of rotatable bonds is 3. The second-order valence-corrected chi connectivity index (χ2v) is 7.98. The minimum absolute atomic E-state index is 0.0774. The van der Waals surface area contributed by atoms with Crippen molar-refractivity contribution in [3.05, 3.63) is 29.0 Å². The van der Waals surface area contributed by atoms with Crippen LogP contribution in [0.15, 0.2) is 18.3 Å². The predicted molar refractivity (Wildman–Crippen MR) is 75.5 cm³/mol. The molecule has 1 aromatic rings. The molecule has 0 radical (unpaired) electrons. The van der Waals surface area contributed by atoms with Gasteiger partial charge in [-0.3, -0.25) is 4.79 Å². The van der Waals surface area contributed by atoms with Gasteiger partial charge in [-0.05, 0) is 31.4 Å². The summed E-state index contributed by atoms with van der Waals surface area (Å²) in [6.45, 7) is 0. The molecule has 3 rings (SSSR count). The summed E-state index contributed by atoms with van der Waals surface area (Å²) in [5, 5.41) is 0.269. The highest BCUT2D eigenvalue weighted by atomic mass is 35.5. The Morgan fingerprint density at radius 3 is 2.60 bits per heavy atom. The first kappa shape index (κ1) is 13.8. The smallest absolute Gasteiger partial charge is 0.254 e. The first-order valence-corrected chi connectivity index (χ1v) is 8.81. The lowest BCUT2D eigenvalue weighted by Crippen LogP contribution is -2.42. The Morgan fingerprint density at radius 2 is 2.05 bits per heavy atom. The lowest BCUT2D eigenvalue weighted by molar-refractivity contribution is 0.0680. The number of halogens is 1. The molecule has 1 aliphatic heterocycles. The fourth-order valence-corrected chi connectivity index (χ4v) is 4.55. The highest BCUT2D eigenvalue weighted by Crippen LogP contribution is 2.33. The summed E-state index contributed by atoms with van der Waals surface area (Å²) in [4.78, 5) is 18.2. The Labute approximate surface area is 122 Å². The number of hydrogen-bond acceptors (Lipinski definition) is 4. The van der Waals surface area contributed by atoms with Crippen molar-refractivity contribution in [2.75, 3.05) is 11.5 Å². The molecule has 2 heterocycles. The molecule has 1 atom stereocenters. The summed E-state index contributed by atoms with van der Waals surface area (Å²) in [7, 11) is -3.00. The predicted octanol–water partition coefficient (Wildman–Crippen LogP) is 1.53. The van der Waals surface area contributed by atoms with Crippen LogP contribution < -0.4 is 0 Å². The first-order chi connectivity index (χ1) is 9.46. The van der Waals surface area contributed by atoms with Crippen LogP contribution in [0.3, 0.4) is 0 Å². The van der Waals surface area contributed by atoms with Gasteiger partial charge >= 0.3 is 0 Å². The van der Waals surface area contributed by atoms with Crippen LogP contribution in [-0.4, -0.2) is 47.8 Å². The second-order valence-electron chi connectivity index (χ2n) is 5.37. The third-order valence-corrected chi connectivity index (χ3v) is 5.71. The number of aromatic nitrogens is 1. The van der Waals surface area contributed by atoms with Crippen molar-refractivity contribution >= 4 is 27.3 Å². The van der Waals surface area contributed by atoms with Crippen LogP contribution in [-0.2, 0) is 9.84 Å². The molecule has 1 saturated carbocycles. The number of carbonyl (C=O) groups is 1. The third-order valence-electron chi connectivity index (χ3n) is 3.75. The van der Waals surface area contributed by atoms with Crippen LogP contribution in [0.1, 0.15) is 29.6 Å². The van der Waals surface area contributed by atoms with Crippen molar-refractivity contribution in [3.8, 4) is 0 Å². The van der Waals surface area contributed by atoms with Crippen molar-refractivity contribution in [2.45, 2.75) is 31.3 Å². The van der Waals surface area contributed by atoms with Gasteiger partial charge in [0, 0.05) is 23.8 Å². The monoisotopic (exact) mass is 314 g/mol. The number of carbonyl (C=O) groups excluding carboxylic acids is 1. The summed E-state index contributed by atoms with van der Waals surface area (Å²) in [6, 6.07) is 3.12. The van der Waals surface area contributed by atoms with E-state index in [-0.39, 0.29) is 34.6 Å². The van der Waals surface area contributed by atoms with Crippen molar-refractivity contribution in [1.29, 1.82) is 0 Å². The van der Waals surface area contributed by atoms with Gasteiger partial charge in [-0.15, -0.1) is 0 Å². The SMILES string of the molecule is O=C(c1ccnc(Cl)c1)N(C1CC1)C1CCS(=O)(=O)C1. The minimum Gasteiger partial charge on any atom is -0.332 e. The fraction of sp³-hybridized carbons (Fsp3) is 0.538. The number of amides is 1. The molecule has 1 saturated heterocycles. The van der Waals surface area contributed by atoms with Gasteiger partial charge in [0.2, 0.25) is 0 Å². The van der Waals surface area contributed by atoms with Crippen LogP contribution >= 0.6 is 11.6 Å². The number of hydrogen-bond donors (Lipinski definition) is 0. The fourth-order valence-electron chi connectivity index (χ4n) is 2.66. The number of pyridine rings is 1. The van der Waals surface area contributed by atoms with E-state index in [1.807, 2.05) is 0 Å². The maximum absolute atomic E-state index is 12.6. The van der Waals surface area contributed by atoms with E-state index in [0.717, 1.165) is 12.8 Å². The number of sulfone groups is 1. The number of nitrogens with zero attached hydrogens (tertiary/aromatic N) is 2. The Balaban J connectivity index is 1.86. The van der Waals surface area contributed by atoms with Gasteiger partial charge in [-0.1, -0.05) is 11.6 Å². The van der Waals surface area contributed by atoms with Crippen molar-refractivity contribution in [1.82, 2.24) is 9.88 Å². The standard InChI is InChI=1S/C13H15ClN2O3S/c14-12-7-9(3-5-15-12)13(17)16(10-1-2-10)11-4-6-20(18,19)8-11/h3,5,7,10-11H,1-2,4,6,8H2. The highest BCUT2D eigenvalue weighted by molar-refractivity contribution is 7.91. The molecule has 0 spiro atoms. The highest BCUT2D eigenvalue weighted by Gasteiger charge is 2.42. The molecule has 1 aromatic heterocycles. The van der Waals surface area contributed by atoms with Gasteiger partial charge in [0.15, 0.2) is 9.84 Å². The maximum atomic E-state index is 12.6. The zero-order chi connectivity index (χ0) is 14.3. The molecule has 0 N–H and O–H groups in total. The minimum atomic E-state index is -3.00. The molecular weight excluding hydrogens is 300 g/mol. The average molecular weight is 315 g/mol. The lowest BCUT2D eigenvalue weighted by atomic mass is 10.1. The second kappa shape index (κ2) is 5.00. The normalized spacial score (nSPS) is 24.6. The molecule has 2 aliphatic rings. The van der Waals surface area contributed by atoms with E-state index in [1.54, 1.807) is 11.0 Å². The van der Waals surface area contributed by atoms with E-state index in [4.69, 9.17) is 11.6 Å². The molecule has 0 aromatic carbocycles. The molecule has 0 bridgehead atoms. The molecule has 108 valence electrons. The largest absolute Gasteiger partial charge is 0.332 e. The van der Waals surface area contributed by atoms with Crippen molar-refractivity contribution in [3.63, 3.8) is 0 Å². The zero-order valence-electron chi connectivity index (χ0n) is 10.8. The molecule has 5 nitrogen and oxygen atoms in total. The first-order valence-electron chi connectivity index (χ1n) is 6.61. The van der Waals surface area contributed by atoms with E-state index >= 15 is 0 Å². The van der Waals surface area contributed by atoms with Crippen LogP contribution in [0.4, 0.5) is 0 Å². The van der Waals surface area contributed by atoms with E-state index < -0.39 is 9.84 Å². The lowest BCUT2D eigenvalue weighted by Gasteiger charge is -2.28. The summed E-state index contributed by atoms with van der Waals surface area (Å²) in [5.41, 5.74) is 0.473. The van der Waals surface area contributed by atoms with E-state index in [9.17, 15) is 13.2 Å². The molecule has 7 heteroatoms. The van der Waals surface area contributed by atoms with Gasteiger partial charge in [-0.2, -0.15) is 0 Å². The Bertz CT molecular complexity index is 643. The topological polar surface area (TPSA) is 67.3 Å². The van der Waals surface area contributed by atoms with E-state index in [1.165, 1.54) is 12.3 Å². The molecule has 2 fully saturated rings. The Morgan fingerprint density at radius 1 is 1.30 bits per heavy atom. The summed E-state index contributed by atoms with van der Waals surface area (Å²) < 4.78 is 23.3. The summed E-state index contributed by atoms with van der Waals surface area (Å²) in [5.74, 6) is 0.109. The molecule has 20 heavy (non-hydrogen) atoms. The quantitative estimate of drug-likeness (QED) is 0.793. The van der Waals surface area contributed by atoms with Crippen LogP contribution in [0.2, 0.25) is 5.15 Å². The van der Waals surface area contributed by atoms with Crippen molar-refractivity contribution < 1.29 is 13.2 Å². The van der Waals surface area contributed by atoms with Crippen LogP contribution in [0.25, 0.3) is 0 Å².